The highest BCUT2D eigenvalue weighted by Crippen LogP contribution is 2.26. The van der Waals surface area contributed by atoms with Gasteiger partial charge in [-0.3, -0.25) is 24.0 Å². The minimum atomic E-state index is -3.61. The molecule has 0 spiro atoms. The number of ether oxygens (including phenoxy) is 3. The molecular weight excluding hydrogens is 708 g/mol. The number of carbonyl (C=O) groups is 6. The van der Waals surface area contributed by atoms with Crippen molar-refractivity contribution in [3.8, 4) is 0 Å². The van der Waals surface area contributed by atoms with Gasteiger partial charge >= 0.3 is 18.0 Å². The normalized spacial score (nSPS) is 16.9. The molecule has 0 aromatic heterocycles. The summed E-state index contributed by atoms with van der Waals surface area (Å²) < 4.78 is 39.7. The molecule has 15 nitrogen and oxygen atoms in total. The molecule has 296 valence electrons. The number of amides is 4. The van der Waals surface area contributed by atoms with Gasteiger partial charge in [0, 0.05) is 18.2 Å². The lowest BCUT2D eigenvalue weighted by atomic mass is 9.85. The van der Waals surface area contributed by atoms with E-state index in [1.807, 2.05) is 0 Å². The Labute approximate surface area is 312 Å². The highest BCUT2D eigenvalue weighted by atomic mass is 32.2. The number of benzene rings is 1. The van der Waals surface area contributed by atoms with Gasteiger partial charge in [-0.05, 0) is 65.4 Å². The molecule has 0 aliphatic carbocycles. The molecule has 1 aliphatic heterocycles. The van der Waals surface area contributed by atoms with Crippen molar-refractivity contribution in [2.24, 2.45) is 5.41 Å². The maximum absolute atomic E-state index is 14.2. The smallest absolute Gasteiger partial charge is 0.408 e. The minimum absolute atomic E-state index is 0.0996. The van der Waals surface area contributed by atoms with Crippen LogP contribution in [-0.4, -0.2) is 97.2 Å². The van der Waals surface area contributed by atoms with E-state index < -0.39 is 92.8 Å². The zero-order chi connectivity index (χ0) is 40.4. The predicted molar refractivity (Wildman–Crippen MR) is 197 cm³/mol. The Bertz CT molecular complexity index is 1610. The molecule has 0 bridgehead atoms. The fourth-order valence-electron chi connectivity index (χ4n) is 5.27. The van der Waals surface area contributed by atoms with Gasteiger partial charge in [-0.2, -0.15) is 0 Å². The summed E-state index contributed by atoms with van der Waals surface area (Å²) in [6, 6.07) is 4.04. The Morgan fingerprint density at radius 3 is 1.94 bits per heavy atom. The van der Waals surface area contributed by atoms with Gasteiger partial charge in [-0.25, -0.2) is 13.2 Å². The van der Waals surface area contributed by atoms with Crippen LogP contribution in [0.25, 0.3) is 0 Å². The lowest BCUT2D eigenvalue weighted by Crippen LogP contribution is -2.60. The van der Waals surface area contributed by atoms with E-state index in [4.69, 9.17) is 14.2 Å². The number of hydrogen-bond donors (Lipinski definition) is 3. The molecule has 0 radical (unpaired) electrons. The summed E-state index contributed by atoms with van der Waals surface area (Å²) in [6.07, 6.45) is 0.945. The largest absolute Gasteiger partial charge is 0.460 e. The Kier molecular flexibility index (Phi) is 15.6. The number of nitrogens with zero attached hydrogens (tertiary/aromatic N) is 1. The van der Waals surface area contributed by atoms with Gasteiger partial charge in [0.15, 0.2) is 9.84 Å². The van der Waals surface area contributed by atoms with E-state index in [0.717, 1.165) is 11.7 Å². The summed E-state index contributed by atoms with van der Waals surface area (Å²) in [5.41, 5.74) is -1.93. The van der Waals surface area contributed by atoms with Crippen molar-refractivity contribution in [2.45, 2.75) is 130 Å². The van der Waals surface area contributed by atoms with Crippen molar-refractivity contribution < 1.29 is 51.4 Å². The summed E-state index contributed by atoms with van der Waals surface area (Å²) in [4.78, 5) is 81.2. The lowest BCUT2D eigenvalue weighted by Gasteiger charge is -2.36. The SMILES string of the molecule is CC(C)(C)OC(=O)C[C@@H](/C=C/S(C)(=O)=O)NC(=O)[C@H]1CCCN1C(=O)[C@@H](NC(=O)[C@H](CC(=O)OC(C)(C)C)NC(=O)OCc1ccccc1)C(C)(C)C. The van der Waals surface area contributed by atoms with Gasteiger partial charge in [-0.15, -0.1) is 0 Å². The van der Waals surface area contributed by atoms with Crippen LogP contribution in [0.15, 0.2) is 41.8 Å². The van der Waals surface area contributed by atoms with Gasteiger partial charge in [0.25, 0.3) is 0 Å². The van der Waals surface area contributed by atoms with E-state index in [9.17, 15) is 37.2 Å². The van der Waals surface area contributed by atoms with Gasteiger partial charge in [0.2, 0.25) is 17.7 Å². The minimum Gasteiger partial charge on any atom is -0.460 e. The zero-order valence-corrected chi connectivity index (χ0v) is 33.3. The number of rotatable bonds is 14. The van der Waals surface area contributed by atoms with Crippen LogP contribution in [0.2, 0.25) is 0 Å². The topological polar surface area (TPSA) is 204 Å². The molecule has 53 heavy (non-hydrogen) atoms. The van der Waals surface area contributed by atoms with Crippen LogP contribution in [0.3, 0.4) is 0 Å². The molecular formula is C37H56N4O11S. The first-order valence-corrected chi connectivity index (χ1v) is 19.4. The third-order valence-corrected chi connectivity index (χ3v) is 8.19. The lowest BCUT2D eigenvalue weighted by molar-refractivity contribution is -0.157. The molecule has 1 aromatic rings. The predicted octanol–water partition coefficient (Wildman–Crippen LogP) is 3.31. The average molecular weight is 765 g/mol. The number of nitrogens with one attached hydrogen (secondary N) is 3. The quantitative estimate of drug-likeness (QED) is 0.185. The molecule has 16 heteroatoms. The first-order valence-electron chi connectivity index (χ1n) is 17.4. The van der Waals surface area contributed by atoms with Gasteiger partial charge < -0.3 is 35.1 Å². The van der Waals surface area contributed by atoms with E-state index >= 15 is 0 Å². The monoisotopic (exact) mass is 764 g/mol. The van der Waals surface area contributed by atoms with Crippen molar-refractivity contribution in [1.82, 2.24) is 20.9 Å². The molecule has 0 saturated carbocycles. The van der Waals surface area contributed by atoms with Crippen LogP contribution in [0, 0.1) is 5.41 Å². The Hall–Kier alpha value is -4.47. The molecule has 3 N–H and O–H groups in total. The van der Waals surface area contributed by atoms with E-state index in [1.54, 1.807) is 92.6 Å². The van der Waals surface area contributed by atoms with Gasteiger partial charge in [0.05, 0.1) is 18.9 Å². The van der Waals surface area contributed by atoms with Gasteiger partial charge in [0.1, 0.15) is 35.9 Å². The standard InChI is InChI=1S/C37H56N4O11S/c1-35(2,3)30(40-31(44)26(22-29(43)52-37(7,8)9)39-34(47)50-23-24-15-12-11-13-16-24)33(46)41-19-14-17-27(41)32(45)38-25(18-20-53(10,48)49)21-28(42)51-36(4,5)6/h11-13,15-16,18,20,25-27,30H,14,17,19,21-23H2,1-10H3,(H,38,45)(H,39,47)(H,40,44)/b20-18+/t25-,26+,27-,30-/m1/s1. The third-order valence-electron chi connectivity index (χ3n) is 7.54. The summed E-state index contributed by atoms with van der Waals surface area (Å²) >= 11 is 0. The van der Waals surface area contributed by atoms with E-state index in [1.165, 1.54) is 11.0 Å². The fourth-order valence-corrected chi connectivity index (χ4v) is 5.75. The van der Waals surface area contributed by atoms with Crippen LogP contribution in [0.1, 0.15) is 93.6 Å². The second-order valence-corrected chi connectivity index (χ2v) is 18.0. The Balaban J connectivity index is 2.30. The summed E-state index contributed by atoms with van der Waals surface area (Å²) in [7, 11) is -3.61. The van der Waals surface area contributed by atoms with E-state index in [0.29, 0.717) is 12.0 Å². The van der Waals surface area contributed by atoms with Crippen molar-refractivity contribution in [3.63, 3.8) is 0 Å². The molecule has 4 atom stereocenters. The van der Waals surface area contributed by atoms with E-state index in [-0.39, 0.29) is 26.0 Å². The molecule has 1 aliphatic rings. The van der Waals surface area contributed by atoms with Crippen LogP contribution in [-0.2, 0) is 54.6 Å². The summed E-state index contributed by atoms with van der Waals surface area (Å²) in [5.74, 6) is -3.53. The van der Waals surface area contributed by atoms with E-state index in [2.05, 4.69) is 16.0 Å². The molecule has 1 aromatic carbocycles. The van der Waals surface area contributed by atoms with Crippen LogP contribution in [0.5, 0.6) is 0 Å². The van der Waals surface area contributed by atoms with Crippen molar-refractivity contribution >= 4 is 45.6 Å². The Morgan fingerprint density at radius 2 is 1.42 bits per heavy atom. The highest BCUT2D eigenvalue weighted by Gasteiger charge is 2.43. The van der Waals surface area contributed by atoms with Crippen molar-refractivity contribution in [1.29, 1.82) is 0 Å². The molecule has 0 unspecified atom stereocenters. The number of sulfone groups is 1. The number of alkyl carbamates (subject to hydrolysis) is 1. The zero-order valence-electron chi connectivity index (χ0n) is 32.4. The van der Waals surface area contributed by atoms with Crippen LogP contribution in [0.4, 0.5) is 4.79 Å². The highest BCUT2D eigenvalue weighted by molar-refractivity contribution is 7.93. The summed E-state index contributed by atoms with van der Waals surface area (Å²) in [5, 5.41) is 8.66. The summed E-state index contributed by atoms with van der Waals surface area (Å²) in [6.45, 7) is 15.2. The van der Waals surface area contributed by atoms with Gasteiger partial charge in [-0.1, -0.05) is 57.2 Å². The number of esters is 2. The second-order valence-electron chi connectivity index (χ2n) is 16.1. The first kappa shape index (κ1) is 44.7. The van der Waals surface area contributed by atoms with Crippen LogP contribution >= 0.6 is 0 Å². The third kappa shape index (κ3) is 16.8. The maximum Gasteiger partial charge on any atom is 0.408 e. The molecule has 4 amide bonds. The molecule has 1 saturated heterocycles. The second kappa shape index (κ2) is 18.5. The maximum atomic E-state index is 14.2. The first-order chi connectivity index (χ1) is 24.2. The number of likely N-dealkylation sites (tertiary alicyclic amines) is 1. The fraction of sp³-hybridized carbons (Fsp3) is 0.622. The Morgan fingerprint density at radius 1 is 0.849 bits per heavy atom. The molecule has 1 heterocycles. The van der Waals surface area contributed by atoms with Crippen molar-refractivity contribution in [3.05, 3.63) is 47.4 Å². The van der Waals surface area contributed by atoms with Crippen LogP contribution < -0.4 is 16.0 Å². The average Bonchev–Trinajstić information content (AvgIpc) is 3.49. The van der Waals surface area contributed by atoms with Crippen molar-refractivity contribution in [2.75, 3.05) is 12.8 Å². The number of carbonyl (C=O) groups excluding carboxylic acids is 6. The number of hydrogen-bond acceptors (Lipinski definition) is 11. The molecule has 2 rings (SSSR count). The molecule has 1 fully saturated rings.